The van der Waals surface area contributed by atoms with Gasteiger partial charge in [-0.3, -0.25) is 9.59 Å². The minimum atomic E-state index is -0.333. The Labute approximate surface area is 142 Å². The quantitative estimate of drug-likeness (QED) is 0.885. The van der Waals surface area contributed by atoms with Crippen molar-refractivity contribution in [1.29, 1.82) is 0 Å². The van der Waals surface area contributed by atoms with Crippen LogP contribution in [0.3, 0.4) is 0 Å². The average Bonchev–Trinajstić information content (AvgIpc) is 2.55. The Bertz CT molecular complexity index is 754. The molecule has 0 atom stereocenters. The number of aromatic nitrogens is 1. The minimum absolute atomic E-state index is 0.215. The molecule has 24 heavy (non-hydrogen) atoms. The molecule has 2 amide bonds. The number of carbonyl (C=O) groups excluding carboxylic acids is 2. The third kappa shape index (κ3) is 4.65. The van der Waals surface area contributed by atoms with E-state index in [0.29, 0.717) is 12.5 Å². The number of carbonyl (C=O) groups is 2. The number of nitrogens with one attached hydrogen (secondary N) is 2. The molecule has 1 aromatic carbocycles. The molecule has 126 valence electrons. The number of hydrogen-bond acceptors (Lipinski definition) is 3. The maximum absolute atomic E-state index is 12.4. The number of anilines is 1. The van der Waals surface area contributed by atoms with Crippen molar-refractivity contribution in [2.75, 3.05) is 11.9 Å². The Morgan fingerprint density at radius 3 is 2.33 bits per heavy atom. The van der Waals surface area contributed by atoms with Gasteiger partial charge in [0.2, 0.25) is 0 Å². The lowest BCUT2D eigenvalue weighted by molar-refractivity contribution is 0.0944. The van der Waals surface area contributed by atoms with Crippen molar-refractivity contribution in [3.8, 4) is 0 Å². The van der Waals surface area contributed by atoms with E-state index >= 15 is 0 Å². The maximum Gasteiger partial charge on any atom is 0.274 e. The van der Waals surface area contributed by atoms with Gasteiger partial charge in [-0.2, -0.15) is 0 Å². The first-order chi connectivity index (χ1) is 11.4. The second kappa shape index (κ2) is 7.73. The molecule has 0 aliphatic carbocycles. The zero-order valence-corrected chi connectivity index (χ0v) is 14.5. The molecule has 0 radical (unpaired) electrons. The van der Waals surface area contributed by atoms with E-state index < -0.39 is 0 Å². The summed E-state index contributed by atoms with van der Waals surface area (Å²) >= 11 is 0. The first-order valence-corrected chi connectivity index (χ1v) is 8.00. The lowest BCUT2D eigenvalue weighted by Gasteiger charge is -2.10. The number of nitrogens with zero attached hydrogens (tertiary/aromatic N) is 1. The molecule has 1 heterocycles. The van der Waals surface area contributed by atoms with Crippen LogP contribution in [0.1, 0.15) is 46.0 Å². The summed E-state index contributed by atoms with van der Waals surface area (Å²) in [6.07, 6.45) is 0. The Morgan fingerprint density at radius 2 is 1.71 bits per heavy atom. The Morgan fingerprint density at radius 1 is 1.04 bits per heavy atom. The molecule has 0 saturated carbocycles. The van der Waals surface area contributed by atoms with Crippen molar-refractivity contribution in [3.63, 3.8) is 0 Å². The van der Waals surface area contributed by atoms with Gasteiger partial charge in [0.15, 0.2) is 0 Å². The third-order valence-electron chi connectivity index (χ3n) is 3.52. The van der Waals surface area contributed by atoms with Crippen LogP contribution in [0.15, 0.2) is 36.4 Å². The second-order valence-corrected chi connectivity index (χ2v) is 6.28. The van der Waals surface area contributed by atoms with E-state index in [1.54, 1.807) is 18.2 Å². The van der Waals surface area contributed by atoms with Gasteiger partial charge in [-0.1, -0.05) is 37.6 Å². The van der Waals surface area contributed by atoms with E-state index in [1.807, 2.05) is 45.9 Å². The number of amides is 2. The summed E-state index contributed by atoms with van der Waals surface area (Å²) in [6, 6.07) is 10.7. The summed E-state index contributed by atoms with van der Waals surface area (Å²) in [5.74, 6) is -0.254. The third-order valence-corrected chi connectivity index (χ3v) is 3.52. The summed E-state index contributed by atoms with van der Waals surface area (Å²) < 4.78 is 0. The summed E-state index contributed by atoms with van der Waals surface area (Å²) in [5.41, 5.74) is 3.31. The van der Waals surface area contributed by atoms with Crippen LogP contribution in [0.5, 0.6) is 0 Å². The fraction of sp³-hybridized carbons (Fsp3) is 0.316. The van der Waals surface area contributed by atoms with Gasteiger partial charge in [0.25, 0.3) is 11.8 Å². The highest BCUT2D eigenvalue weighted by Gasteiger charge is 2.13. The van der Waals surface area contributed by atoms with Crippen LogP contribution in [0.4, 0.5) is 5.69 Å². The van der Waals surface area contributed by atoms with Crippen LogP contribution in [0.2, 0.25) is 0 Å². The lowest BCUT2D eigenvalue weighted by atomic mass is 10.1. The van der Waals surface area contributed by atoms with E-state index in [0.717, 1.165) is 16.8 Å². The van der Waals surface area contributed by atoms with Gasteiger partial charge in [-0.25, -0.2) is 4.98 Å². The van der Waals surface area contributed by atoms with Crippen LogP contribution in [-0.4, -0.2) is 23.3 Å². The maximum atomic E-state index is 12.4. The molecule has 2 rings (SSSR count). The smallest absolute Gasteiger partial charge is 0.274 e. The number of aryl methyl sites for hydroxylation is 2. The molecule has 2 aromatic rings. The van der Waals surface area contributed by atoms with E-state index in [1.165, 1.54) is 0 Å². The summed E-state index contributed by atoms with van der Waals surface area (Å²) in [5, 5.41) is 5.63. The van der Waals surface area contributed by atoms with E-state index in [2.05, 4.69) is 15.6 Å². The molecule has 2 N–H and O–H groups in total. The fourth-order valence-electron chi connectivity index (χ4n) is 2.22. The zero-order chi connectivity index (χ0) is 17.7. The molecule has 0 spiro atoms. The predicted molar refractivity (Wildman–Crippen MR) is 95.3 cm³/mol. The van der Waals surface area contributed by atoms with Gasteiger partial charge in [-0.15, -0.1) is 0 Å². The number of hydrogen-bond donors (Lipinski definition) is 2. The first-order valence-electron chi connectivity index (χ1n) is 8.00. The Balaban J connectivity index is 2.12. The van der Waals surface area contributed by atoms with Gasteiger partial charge in [0.1, 0.15) is 11.4 Å². The molecule has 0 bridgehead atoms. The highest BCUT2D eigenvalue weighted by Crippen LogP contribution is 2.16. The van der Waals surface area contributed by atoms with Crippen LogP contribution < -0.4 is 10.6 Å². The highest BCUT2D eigenvalue weighted by molar-refractivity contribution is 6.04. The monoisotopic (exact) mass is 325 g/mol. The van der Waals surface area contributed by atoms with Crippen molar-refractivity contribution < 1.29 is 9.59 Å². The fourth-order valence-corrected chi connectivity index (χ4v) is 2.22. The van der Waals surface area contributed by atoms with Crippen molar-refractivity contribution in [2.45, 2.75) is 27.7 Å². The molecular formula is C19H23N3O2. The number of benzene rings is 1. The van der Waals surface area contributed by atoms with Gasteiger partial charge in [-0.05, 0) is 43.5 Å². The van der Waals surface area contributed by atoms with Gasteiger partial charge in [0.05, 0.1) is 0 Å². The van der Waals surface area contributed by atoms with Crippen LogP contribution in [0, 0.1) is 19.8 Å². The topological polar surface area (TPSA) is 71.1 Å². The van der Waals surface area contributed by atoms with E-state index in [4.69, 9.17) is 0 Å². The largest absolute Gasteiger partial charge is 0.350 e. The van der Waals surface area contributed by atoms with Gasteiger partial charge < -0.3 is 10.6 Å². The first kappa shape index (κ1) is 17.7. The second-order valence-electron chi connectivity index (χ2n) is 6.28. The normalized spacial score (nSPS) is 10.5. The predicted octanol–water partition coefficient (Wildman–Crippen LogP) is 3.34. The standard InChI is InChI=1S/C19H23N3O2/c1-12(2)11-20-18(23)16-6-5-7-17(21-16)19(24)22-15-9-8-13(3)10-14(15)4/h5-10,12H,11H2,1-4H3,(H,20,23)(H,22,24). The minimum Gasteiger partial charge on any atom is -0.350 e. The van der Waals surface area contributed by atoms with Crippen molar-refractivity contribution in [3.05, 3.63) is 58.9 Å². The van der Waals surface area contributed by atoms with Gasteiger partial charge in [0, 0.05) is 12.2 Å². The SMILES string of the molecule is Cc1ccc(NC(=O)c2cccc(C(=O)NCC(C)C)n2)c(C)c1. The van der Waals surface area contributed by atoms with E-state index in [9.17, 15) is 9.59 Å². The number of pyridine rings is 1. The van der Waals surface area contributed by atoms with E-state index in [-0.39, 0.29) is 23.2 Å². The van der Waals surface area contributed by atoms with Crippen molar-refractivity contribution in [1.82, 2.24) is 10.3 Å². The lowest BCUT2D eigenvalue weighted by Crippen LogP contribution is -2.28. The molecule has 0 aliphatic heterocycles. The van der Waals surface area contributed by atoms with Gasteiger partial charge >= 0.3 is 0 Å². The molecule has 0 saturated heterocycles. The Hall–Kier alpha value is -2.69. The van der Waals surface area contributed by atoms with Crippen LogP contribution in [0.25, 0.3) is 0 Å². The summed E-state index contributed by atoms with van der Waals surface area (Å²) in [6.45, 7) is 8.54. The van der Waals surface area contributed by atoms with Crippen LogP contribution in [-0.2, 0) is 0 Å². The average molecular weight is 325 g/mol. The molecule has 5 nitrogen and oxygen atoms in total. The van der Waals surface area contributed by atoms with Crippen LogP contribution >= 0.6 is 0 Å². The van der Waals surface area contributed by atoms with Crippen molar-refractivity contribution in [2.24, 2.45) is 5.92 Å². The summed E-state index contributed by atoms with van der Waals surface area (Å²) in [7, 11) is 0. The molecule has 0 unspecified atom stereocenters. The zero-order valence-electron chi connectivity index (χ0n) is 14.5. The van der Waals surface area contributed by atoms with Crippen molar-refractivity contribution >= 4 is 17.5 Å². The Kier molecular flexibility index (Phi) is 5.68. The molecule has 0 aliphatic rings. The molecule has 1 aromatic heterocycles. The molecule has 5 heteroatoms. The number of rotatable bonds is 5. The summed E-state index contributed by atoms with van der Waals surface area (Å²) in [4.78, 5) is 28.6. The highest BCUT2D eigenvalue weighted by atomic mass is 16.2. The molecule has 0 fully saturated rings. The molecular weight excluding hydrogens is 302 g/mol.